The molecule has 0 aliphatic carbocycles. The zero-order chi connectivity index (χ0) is 14.6. The van der Waals surface area contributed by atoms with Crippen molar-refractivity contribution in [1.82, 2.24) is 5.32 Å². The van der Waals surface area contributed by atoms with Gasteiger partial charge in [-0.1, -0.05) is 0 Å². The second-order valence-corrected chi connectivity index (χ2v) is 5.29. The first-order valence-corrected chi connectivity index (χ1v) is 5.53. The van der Waals surface area contributed by atoms with E-state index in [9.17, 15) is 18.0 Å². The van der Waals surface area contributed by atoms with Crippen LogP contribution in [0, 0.1) is 0 Å². The van der Waals surface area contributed by atoms with Gasteiger partial charge in [0.05, 0.1) is 6.61 Å². The fraction of sp³-hybridized carbons (Fsp3) is 0.909. The number of alkyl carbamates (subject to hydrolysis) is 1. The lowest BCUT2D eigenvalue weighted by molar-refractivity contribution is -0.262. The van der Waals surface area contributed by atoms with Gasteiger partial charge in [-0.25, -0.2) is 4.79 Å². The van der Waals surface area contributed by atoms with Crippen molar-refractivity contribution in [3.63, 3.8) is 0 Å². The Morgan fingerprint density at radius 3 is 2.00 bits per heavy atom. The molecular formula is C11H20F3NO3. The van der Waals surface area contributed by atoms with Crippen LogP contribution in [-0.4, -0.2) is 36.6 Å². The lowest BCUT2D eigenvalue weighted by Crippen LogP contribution is -2.43. The molecule has 1 N–H and O–H groups in total. The van der Waals surface area contributed by atoms with E-state index < -0.39 is 23.5 Å². The molecule has 0 spiro atoms. The molecule has 0 radical (unpaired) electrons. The van der Waals surface area contributed by atoms with E-state index in [0.717, 1.165) is 13.8 Å². The van der Waals surface area contributed by atoms with Crippen molar-refractivity contribution < 1.29 is 27.4 Å². The number of hydrogen-bond acceptors (Lipinski definition) is 3. The second-order valence-electron chi connectivity index (χ2n) is 5.29. The van der Waals surface area contributed by atoms with Crippen molar-refractivity contribution in [1.29, 1.82) is 0 Å². The first-order valence-electron chi connectivity index (χ1n) is 5.53. The van der Waals surface area contributed by atoms with E-state index in [1.54, 1.807) is 20.8 Å². The molecule has 108 valence electrons. The molecule has 0 aliphatic heterocycles. The van der Waals surface area contributed by atoms with E-state index in [1.807, 2.05) is 0 Å². The molecule has 4 nitrogen and oxygen atoms in total. The van der Waals surface area contributed by atoms with Gasteiger partial charge in [-0.2, -0.15) is 13.2 Å². The SMILES string of the molecule is CC(C)(C)OC(=O)NCCOC(C)(C)C(F)(F)F. The molecule has 0 saturated carbocycles. The number of nitrogens with one attached hydrogen (secondary N) is 1. The number of halogens is 3. The quantitative estimate of drug-likeness (QED) is 0.800. The van der Waals surface area contributed by atoms with Gasteiger partial charge >= 0.3 is 12.3 Å². The van der Waals surface area contributed by atoms with Crippen LogP contribution in [0.3, 0.4) is 0 Å². The van der Waals surface area contributed by atoms with Crippen LogP contribution >= 0.6 is 0 Å². The fourth-order valence-electron chi connectivity index (χ4n) is 0.855. The zero-order valence-corrected chi connectivity index (χ0v) is 11.3. The Kier molecular flexibility index (Phi) is 5.46. The van der Waals surface area contributed by atoms with E-state index in [2.05, 4.69) is 10.1 Å². The first-order chi connectivity index (χ1) is 7.85. The van der Waals surface area contributed by atoms with Crippen LogP contribution in [0.5, 0.6) is 0 Å². The minimum atomic E-state index is -4.45. The number of carbonyl (C=O) groups excluding carboxylic acids is 1. The summed E-state index contributed by atoms with van der Waals surface area (Å²) in [6.07, 6.45) is -5.13. The van der Waals surface area contributed by atoms with Gasteiger partial charge in [-0.15, -0.1) is 0 Å². The maximum absolute atomic E-state index is 12.4. The minimum Gasteiger partial charge on any atom is -0.444 e. The van der Waals surface area contributed by atoms with Crippen molar-refractivity contribution in [2.75, 3.05) is 13.2 Å². The molecule has 0 aromatic rings. The minimum absolute atomic E-state index is 0.0472. The lowest BCUT2D eigenvalue weighted by atomic mass is 10.1. The van der Waals surface area contributed by atoms with Crippen molar-refractivity contribution >= 4 is 6.09 Å². The van der Waals surface area contributed by atoms with Crippen LogP contribution in [0.25, 0.3) is 0 Å². The number of hydrogen-bond donors (Lipinski definition) is 1. The summed E-state index contributed by atoms with van der Waals surface area (Å²) >= 11 is 0. The number of amides is 1. The van der Waals surface area contributed by atoms with Crippen LogP contribution in [-0.2, 0) is 9.47 Å². The third-order valence-electron chi connectivity index (χ3n) is 1.92. The van der Waals surface area contributed by atoms with Crippen LogP contribution in [0.2, 0.25) is 0 Å². The number of carbonyl (C=O) groups is 1. The molecule has 0 aromatic heterocycles. The maximum atomic E-state index is 12.4. The van der Waals surface area contributed by atoms with Gasteiger partial charge in [0.2, 0.25) is 0 Å². The Bertz CT molecular complexity index is 282. The molecule has 0 aliphatic rings. The van der Waals surface area contributed by atoms with E-state index in [4.69, 9.17) is 4.74 Å². The second kappa shape index (κ2) is 5.77. The van der Waals surface area contributed by atoms with Crippen LogP contribution in [0.4, 0.5) is 18.0 Å². The highest BCUT2D eigenvalue weighted by Gasteiger charge is 2.48. The van der Waals surface area contributed by atoms with Gasteiger partial charge in [-0.3, -0.25) is 0 Å². The summed E-state index contributed by atoms with van der Waals surface area (Å²) < 4.78 is 46.8. The number of ether oxygens (including phenoxy) is 2. The molecule has 0 heterocycles. The molecule has 0 atom stereocenters. The van der Waals surface area contributed by atoms with Crippen molar-refractivity contribution in [2.45, 2.75) is 52.0 Å². The van der Waals surface area contributed by atoms with Crippen molar-refractivity contribution in [2.24, 2.45) is 0 Å². The van der Waals surface area contributed by atoms with Crippen molar-refractivity contribution in [3.05, 3.63) is 0 Å². The Balaban J connectivity index is 3.92. The topological polar surface area (TPSA) is 47.6 Å². The summed E-state index contributed by atoms with van der Waals surface area (Å²) in [6.45, 7) is 6.64. The lowest BCUT2D eigenvalue weighted by Gasteiger charge is -2.28. The average Bonchev–Trinajstić information content (AvgIpc) is 2.07. The van der Waals surface area contributed by atoms with E-state index >= 15 is 0 Å². The predicted molar refractivity (Wildman–Crippen MR) is 60.3 cm³/mol. The van der Waals surface area contributed by atoms with Crippen LogP contribution in [0.15, 0.2) is 0 Å². The van der Waals surface area contributed by atoms with Gasteiger partial charge in [-0.05, 0) is 34.6 Å². The highest BCUT2D eigenvalue weighted by atomic mass is 19.4. The highest BCUT2D eigenvalue weighted by Crippen LogP contribution is 2.32. The summed E-state index contributed by atoms with van der Waals surface area (Å²) in [4.78, 5) is 11.2. The molecule has 0 aromatic carbocycles. The predicted octanol–water partition coefficient (Wildman–Crippen LogP) is 2.87. The third kappa shape index (κ3) is 6.68. The molecule has 7 heteroatoms. The molecule has 0 bridgehead atoms. The molecule has 0 fully saturated rings. The largest absolute Gasteiger partial charge is 0.444 e. The fourth-order valence-corrected chi connectivity index (χ4v) is 0.855. The molecule has 1 amide bonds. The van der Waals surface area contributed by atoms with Gasteiger partial charge in [0, 0.05) is 6.54 Å². The van der Waals surface area contributed by atoms with Crippen LogP contribution < -0.4 is 5.32 Å². The highest BCUT2D eigenvalue weighted by molar-refractivity contribution is 5.67. The van der Waals surface area contributed by atoms with E-state index in [0.29, 0.717) is 0 Å². The Morgan fingerprint density at radius 1 is 1.11 bits per heavy atom. The first kappa shape index (κ1) is 17.0. The summed E-state index contributed by atoms with van der Waals surface area (Å²) in [7, 11) is 0. The summed E-state index contributed by atoms with van der Waals surface area (Å²) in [5.41, 5.74) is -2.88. The monoisotopic (exact) mass is 271 g/mol. The summed E-state index contributed by atoms with van der Waals surface area (Å²) in [5, 5.41) is 2.31. The maximum Gasteiger partial charge on any atom is 0.416 e. The number of alkyl halides is 3. The van der Waals surface area contributed by atoms with E-state index in [-0.39, 0.29) is 13.2 Å². The third-order valence-corrected chi connectivity index (χ3v) is 1.92. The normalized spacial score (nSPS) is 13.3. The molecular weight excluding hydrogens is 251 g/mol. The van der Waals surface area contributed by atoms with E-state index in [1.165, 1.54) is 0 Å². The summed E-state index contributed by atoms with van der Waals surface area (Å²) in [5.74, 6) is 0. The van der Waals surface area contributed by atoms with Gasteiger partial charge < -0.3 is 14.8 Å². The smallest absolute Gasteiger partial charge is 0.416 e. The molecule has 0 unspecified atom stereocenters. The van der Waals surface area contributed by atoms with Crippen LogP contribution in [0.1, 0.15) is 34.6 Å². The Labute approximate surface area is 105 Å². The molecule has 0 rings (SSSR count). The van der Waals surface area contributed by atoms with Gasteiger partial charge in [0.15, 0.2) is 5.60 Å². The van der Waals surface area contributed by atoms with Gasteiger partial charge in [0.25, 0.3) is 0 Å². The summed E-state index contributed by atoms with van der Waals surface area (Å²) in [6, 6.07) is 0. The average molecular weight is 271 g/mol. The van der Waals surface area contributed by atoms with Gasteiger partial charge in [0.1, 0.15) is 5.60 Å². The number of rotatable bonds is 4. The Morgan fingerprint density at radius 2 is 1.61 bits per heavy atom. The molecule has 0 saturated heterocycles. The van der Waals surface area contributed by atoms with Crippen molar-refractivity contribution in [3.8, 4) is 0 Å². The standard InChI is InChI=1S/C11H20F3NO3/c1-9(2,3)18-8(16)15-6-7-17-10(4,5)11(12,13)14/h6-7H2,1-5H3,(H,15,16). The zero-order valence-electron chi connectivity index (χ0n) is 11.3. The molecule has 18 heavy (non-hydrogen) atoms. The Hall–Kier alpha value is -0.980.